The Kier molecular flexibility index (Phi) is 9.73. The van der Waals surface area contributed by atoms with E-state index in [2.05, 4.69) is 0 Å². The number of aromatic hydroxyl groups is 1. The van der Waals surface area contributed by atoms with Crippen LogP contribution in [0.25, 0.3) is 6.08 Å². The van der Waals surface area contributed by atoms with E-state index < -0.39 is 0 Å². The molecule has 0 atom stereocenters. The number of phenols is 1. The van der Waals surface area contributed by atoms with Crippen molar-refractivity contribution in [3.8, 4) is 28.7 Å². The van der Waals surface area contributed by atoms with Crippen LogP contribution in [0.15, 0.2) is 127 Å². The van der Waals surface area contributed by atoms with E-state index in [0.717, 1.165) is 22.4 Å². The fourth-order valence-electron chi connectivity index (χ4n) is 4.32. The van der Waals surface area contributed by atoms with Crippen molar-refractivity contribution in [2.45, 2.75) is 19.8 Å². The second-order valence-corrected chi connectivity index (χ2v) is 9.76. The molecule has 5 aromatic rings. The minimum atomic E-state index is -0.244. The summed E-state index contributed by atoms with van der Waals surface area (Å²) in [4.78, 5) is 13.4. The highest BCUT2D eigenvalue weighted by molar-refractivity contribution is 6.08. The van der Waals surface area contributed by atoms with E-state index in [1.165, 1.54) is 12.1 Å². The summed E-state index contributed by atoms with van der Waals surface area (Å²) in [6.45, 7) is 0.977. The average molecular weight is 573 g/mol. The Labute approximate surface area is 251 Å². The molecule has 0 aromatic heterocycles. The minimum Gasteiger partial charge on any atom is -0.508 e. The van der Waals surface area contributed by atoms with E-state index in [-0.39, 0.29) is 18.1 Å². The number of benzene rings is 5. The van der Waals surface area contributed by atoms with Crippen molar-refractivity contribution in [2.75, 3.05) is 7.11 Å². The molecule has 0 radical (unpaired) electrons. The molecule has 6 heteroatoms. The van der Waals surface area contributed by atoms with E-state index in [9.17, 15) is 9.90 Å². The lowest BCUT2D eigenvalue weighted by Crippen LogP contribution is -2.04. The van der Waals surface area contributed by atoms with Gasteiger partial charge in [0, 0.05) is 17.7 Å². The van der Waals surface area contributed by atoms with Crippen molar-refractivity contribution < 1.29 is 28.8 Å². The summed E-state index contributed by atoms with van der Waals surface area (Å²) in [5.41, 5.74) is 4.00. The molecular formula is C37H32O6. The molecule has 5 aromatic carbocycles. The zero-order valence-electron chi connectivity index (χ0n) is 23.8. The number of ketones is 1. The lowest BCUT2D eigenvalue weighted by molar-refractivity contribution is 0.104. The normalized spacial score (nSPS) is 10.8. The number of allylic oxidation sites excluding steroid dienone is 1. The molecule has 0 saturated carbocycles. The molecule has 6 nitrogen and oxygen atoms in total. The summed E-state index contributed by atoms with van der Waals surface area (Å²) in [5, 5.41) is 10.1. The fraction of sp³-hybridized carbons (Fsp3) is 0.108. The quantitative estimate of drug-likeness (QED) is 0.114. The first kappa shape index (κ1) is 29.0. The smallest absolute Gasteiger partial charge is 0.189 e. The monoisotopic (exact) mass is 572 g/mol. The lowest BCUT2D eigenvalue weighted by Gasteiger charge is -2.13. The molecule has 0 unspecified atom stereocenters. The molecule has 5 rings (SSSR count). The largest absolute Gasteiger partial charge is 0.508 e. The Morgan fingerprint density at radius 3 is 1.86 bits per heavy atom. The van der Waals surface area contributed by atoms with Gasteiger partial charge in [-0.2, -0.15) is 0 Å². The molecule has 0 bridgehead atoms. The van der Waals surface area contributed by atoms with Gasteiger partial charge in [0.2, 0.25) is 0 Å². The van der Waals surface area contributed by atoms with Gasteiger partial charge in [-0.3, -0.25) is 4.79 Å². The molecule has 0 aliphatic rings. The molecule has 0 saturated heterocycles. The zero-order valence-corrected chi connectivity index (χ0v) is 23.8. The predicted octanol–water partition coefficient (Wildman–Crippen LogP) is 8.03. The van der Waals surface area contributed by atoms with Gasteiger partial charge in [-0.15, -0.1) is 0 Å². The van der Waals surface area contributed by atoms with Crippen molar-refractivity contribution in [3.63, 3.8) is 0 Å². The summed E-state index contributed by atoms with van der Waals surface area (Å²) in [6, 6.07) is 37.2. The van der Waals surface area contributed by atoms with Crippen LogP contribution in [0, 0.1) is 0 Å². The molecule has 216 valence electrons. The van der Waals surface area contributed by atoms with Crippen LogP contribution in [0.2, 0.25) is 0 Å². The molecule has 0 amide bonds. The van der Waals surface area contributed by atoms with Gasteiger partial charge in [0.25, 0.3) is 0 Å². The molecular weight excluding hydrogens is 540 g/mol. The molecule has 0 fully saturated rings. The Morgan fingerprint density at radius 1 is 0.628 bits per heavy atom. The number of methoxy groups -OCH3 is 1. The fourth-order valence-corrected chi connectivity index (χ4v) is 4.32. The van der Waals surface area contributed by atoms with Crippen LogP contribution >= 0.6 is 0 Å². The topological polar surface area (TPSA) is 74.2 Å². The highest BCUT2D eigenvalue weighted by atomic mass is 16.5. The molecule has 43 heavy (non-hydrogen) atoms. The van der Waals surface area contributed by atoms with E-state index in [4.69, 9.17) is 18.9 Å². The first-order valence-electron chi connectivity index (χ1n) is 13.9. The Balaban J connectivity index is 1.34. The SMILES string of the molecule is COc1ccc(COc2cc(O)ccc2C=CC(=O)c2ccc(OCc3ccccc3)cc2OCc2ccccc2)cc1. The molecule has 0 aliphatic heterocycles. The first-order chi connectivity index (χ1) is 21.1. The van der Waals surface area contributed by atoms with Gasteiger partial charge in [-0.05, 0) is 65.2 Å². The van der Waals surface area contributed by atoms with Gasteiger partial charge in [-0.25, -0.2) is 0 Å². The molecule has 1 N–H and O–H groups in total. The maximum absolute atomic E-state index is 13.4. The number of phenolic OH excluding ortho intramolecular Hbond substituents is 1. The van der Waals surface area contributed by atoms with Crippen molar-refractivity contribution in [3.05, 3.63) is 155 Å². The van der Waals surface area contributed by atoms with Crippen molar-refractivity contribution in [1.29, 1.82) is 0 Å². The van der Waals surface area contributed by atoms with Gasteiger partial charge < -0.3 is 24.1 Å². The lowest BCUT2D eigenvalue weighted by atomic mass is 10.1. The maximum atomic E-state index is 13.4. The number of rotatable bonds is 13. The predicted molar refractivity (Wildman–Crippen MR) is 167 cm³/mol. The van der Waals surface area contributed by atoms with Crippen LogP contribution in [0.1, 0.15) is 32.6 Å². The second-order valence-electron chi connectivity index (χ2n) is 9.76. The Morgan fingerprint density at radius 2 is 1.21 bits per heavy atom. The summed E-state index contributed by atoms with van der Waals surface area (Å²) < 4.78 is 23.3. The van der Waals surface area contributed by atoms with Gasteiger partial charge in [-0.1, -0.05) is 72.8 Å². The van der Waals surface area contributed by atoms with Crippen LogP contribution < -0.4 is 18.9 Å². The van der Waals surface area contributed by atoms with Crippen LogP contribution in [0.5, 0.6) is 28.7 Å². The summed E-state index contributed by atoms with van der Waals surface area (Å²) >= 11 is 0. The van der Waals surface area contributed by atoms with Gasteiger partial charge in [0.15, 0.2) is 5.78 Å². The third-order valence-electron chi connectivity index (χ3n) is 6.67. The van der Waals surface area contributed by atoms with Gasteiger partial charge in [0.05, 0.1) is 12.7 Å². The number of carbonyl (C=O) groups excluding carboxylic acids is 1. The van der Waals surface area contributed by atoms with E-state index in [0.29, 0.717) is 41.6 Å². The van der Waals surface area contributed by atoms with Crippen LogP contribution in [-0.2, 0) is 19.8 Å². The van der Waals surface area contributed by atoms with Gasteiger partial charge >= 0.3 is 0 Å². The Hall–Kier alpha value is -5.49. The van der Waals surface area contributed by atoms with E-state index >= 15 is 0 Å². The maximum Gasteiger partial charge on any atom is 0.189 e. The Bertz CT molecular complexity index is 1660. The van der Waals surface area contributed by atoms with Crippen LogP contribution in [0.4, 0.5) is 0 Å². The van der Waals surface area contributed by atoms with Crippen LogP contribution in [-0.4, -0.2) is 18.0 Å². The molecule has 0 spiro atoms. The number of carbonyl (C=O) groups is 1. The molecule has 0 aliphatic carbocycles. The van der Waals surface area contributed by atoms with Crippen molar-refractivity contribution >= 4 is 11.9 Å². The van der Waals surface area contributed by atoms with E-state index in [1.807, 2.05) is 84.9 Å². The summed E-state index contributed by atoms with van der Waals surface area (Å²) in [5.74, 6) is 2.05. The average Bonchev–Trinajstić information content (AvgIpc) is 3.06. The minimum absolute atomic E-state index is 0.0656. The van der Waals surface area contributed by atoms with Crippen molar-refractivity contribution in [2.24, 2.45) is 0 Å². The van der Waals surface area contributed by atoms with Crippen LogP contribution in [0.3, 0.4) is 0 Å². The zero-order chi connectivity index (χ0) is 29.9. The van der Waals surface area contributed by atoms with Crippen molar-refractivity contribution in [1.82, 2.24) is 0 Å². The van der Waals surface area contributed by atoms with Gasteiger partial charge in [0.1, 0.15) is 48.6 Å². The van der Waals surface area contributed by atoms with E-state index in [1.54, 1.807) is 43.5 Å². The first-order valence-corrected chi connectivity index (χ1v) is 13.9. The number of hydrogen-bond donors (Lipinski definition) is 1. The molecule has 0 heterocycles. The second kappa shape index (κ2) is 14.4. The standard InChI is InChI=1S/C37H32O6/c1-40-32-17-12-29(13-18-32)26-42-36-22-31(38)16-14-30(36)15-21-35(39)34-20-19-33(41-24-27-8-4-2-5-9-27)23-37(34)43-25-28-10-6-3-7-11-28/h2-23,38H,24-26H2,1H3. The third-order valence-corrected chi connectivity index (χ3v) is 6.67. The number of hydrogen-bond acceptors (Lipinski definition) is 6. The highest BCUT2D eigenvalue weighted by Gasteiger charge is 2.14. The summed E-state index contributed by atoms with van der Waals surface area (Å²) in [7, 11) is 1.62. The summed E-state index contributed by atoms with van der Waals surface area (Å²) in [6.07, 6.45) is 3.15. The third kappa shape index (κ3) is 8.27. The number of ether oxygens (including phenoxy) is 4. The highest BCUT2D eigenvalue weighted by Crippen LogP contribution is 2.30.